The Morgan fingerprint density at radius 1 is 1.53 bits per heavy atom. The molecule has 1 heterocycles. The summed E-state index contributed by atoms with van der Waals surface area (Å²) in [6, 6.07) is 1.39. The molecule has 0 saturated heterocycles. The van der Waals surface area contributed by atoms with Gasteiger partial charge in [-0.2, -0.15) is 0 Å². The molecule has 0 saturated carbocycles. The topological polar surface area (TPSA) is 48.4 Å². The van der Waals surface area contributed by atoms with Crippen molar-refractivity contribution in [3.8, 4) is 5.88 Å². The molecule has 9 heteroatoms. The first-order chi connectivity index (χ1) is 8.78. The first kappa shape index (κ1) is 16.3. The standard InChI is InChI=1S/C10H8ClF3INO3/c1-2-18-9(17)7-5(4-11)3-6(15)16-8(7)19-10(12,13)14/h3H,2,4H2,1H3. The van der Waals surface area contributed by atoms with Crippen LogP contribution in [0.2, 0.25) is 0 Å². The van der Waals surface area contributed by atoms with E-state index in [0.717, 1.165) is 0 Å². The predicted molar refractivity (Wildman–Crippen MR) is 69.2 cm³/mol. The van der Waals surface area contributed by atoms with Gasteiger partial charge in [-0.25, -0.2) is 9.78 Å². The molecule has 0 bridgehead atoms. The second kappa shape index (κ2) is 6.60. The number of hydrogen-bond acceptors (Lipinski definition) is 4. The zero-order valence-electron chi connectivity index (χ0n) is 9.55. The fraction of sp³-hybridized carbons (Fsp3) is 0.400. The van der Waals surface area contributed by atoms with Crippen LogP contribution in [0.15, 0.2) is 6.07 Å². The molecular weight excluding hydrogens is 401 g/mol. The van der Waals surface area contributed by atoms with Gasteiger partial charge in [0.1, 0.15) is 9.26 Å². The summed E-state index contributed by atoms with van der Waals surface area (Å²) in [4.78, 5) is 15.2. The van der Waals surface area contributed by atoms with Gasteiger partial charge in [-0.1, -0.05) is 0 Å². The van der Waals surface area contributed by atoms with E-state index in [1.165, 1.54) is 13.0 Å². The third-order valence-corrected chi connectivity index (χ3v) is 2.71. The highest BCUT2D eigenvalue weighted by Gasteiger charge is 2.35. The normalized spacial score (nSPS) is 11.3. The third kappa shape index (κ3) is 4.68. The van der Waals surface area contributed by atoms with Crippen molar-refractivity contribution >= 4 is 40.2 Å². The van der Waals surface area contributed by atoms with E-state index in [1.54, 1.807) is 22.6 Å². The number of carbonyl (C=O) groups is 1. The Labute approximate surface area is 125 Å². The molecule has 0 radical (unpaired) electrons. The Morgan fingerprint density at radius 2 is 2.16 bits per heavy atom. The summed E-state index contributed by atoms with van der Waals surface area (Å²) in [5, 5.41) is 0. The summed E-state index contributed by atoms with van der Waals surface area (Å²) < 4.78 is 45.5. The third-order valence-electron chi connectivity index (χ3n) is 1.87. The highest BCUT2D eigenvalue weighted by atomic mass is 127. The summed E-state index contributed by atoms with van der Waals surface area (Å²) in [6.45, 7) is 1.54. The summed E-state index contributed by atoms with van der Waals surface area (Å²) in [7, 11) is 0. The summed E-state index contributed by atoms with van der Waals surface area (Å²) in [5.74, 6) is -1.98. The molecule has 0 aliphatic rings. The van der Waals surface area contributed by atoms with Gasteiger partial charge >= 0.3 is 12.3 Å². The van der Waals surface area contributed by atoms with E-state index >= 15 is 0 Å². The van der Waals surface area contributed by atoms with Crippen molar-refractivity contribution < 1.29 is 27.4 Å². The maximum Gasteiger partial charge on any atom is 0.574 e. The van der Waals surface area contributed by atoms with E-state index in [1.807, 2.05) is 0 Å². The second-order valence-electron chi connectivity index (χ2n) is 3.19. The van der Waals surface area contributed by atoms with E-state index in [0.29, 0.717) is 0 Å². The molecule has 1 aromatic heterocycles. The molecule has 0 atom stereocenters. The smallest absolute Gasteiger partial charge is 0.462 e. The average molecular weight is 410 g/mol. The number of carbonyl (C=O) groups excluding carboxylic acids is 1. The lowest BCUT2D eigenvalue weighted by Gasteiger charge is -2.14. The van der Waals surface area contributed by atoms with Crippen molar-refractivity contribution in [1.29, 1.82) is 0 Å². The van der Waals surface area contributed by atoms with Gasteiger partial charge < -0.3 is 9.47 Å². The number of ether oxygens (including phenoxy) is 2. The van der Waals surface area contributed by atoms with Crippen molar-refractivity contribution in [3.05, 3.63) is 20.9 Å². The zero-order chi connectivity index (χ0) is 14.6. The Morgan fingerprint density at radius 3 is 2.63 bits per heavy atom. The lowest BCUT2D eigenvalue weighted by Crippen LogP contribution is -2.22. The van der Waals surface area contributed by atoms with Crippen LogP contribution in [0.1, 0.15) is 22.8 Å². The number of alkyl halides is 4. The van der Waals surface area contributed by atoms with Crippen molar-refractivity contribution in [3.63, 3.8) is 0 Å². The molecule has 4 nitrogen and oxygen atoms in total. The molecule has 1 rings (SSSR count). The fourth-order valence-electron chi connectivity index (χ4n) is 1.25. The number of esters is 1. The highest BCUT2D eigenvalue weighted by Crippen LogP contribution is 2.29. The first-order valence-corrected chi connectivity index (χ1v) is 6.58. The molecule has 1 aromatic rings. The quantitative estimate of drug-likeness (QED) is 0.331. The van der Waals surface area contributed by atoms with Gasteiger partial charge in [0, 0.05) is 5.88 Å². The van der Waals surface area contributed by atoms with E-state index < -0.39 is 23.8 Å². The number of nitrogens with zero attached hydrogens (tertiary/aromatic N) is 1. The molecule has 0 aromatic carbocycles. The molecule has 19 heavy (non-hydrogen) atoms. The van der Waals surface area contributed by atoms with Gasteiger partial charge in [-0.15, -0.1) is 24.8 Å². The Hall–Kier alpha value is -0.770. The van der Waals surface area contributed by atoms with Gasteiger partial charge in [0.05, 0.1) is 6.61 Å². The molecule has 0 spiro atoms. The van der Waals surface area contributed by atoms with Gasteiger partial charge in [-0.3, -0.25) is 0 Å². The average Bonchev–Trinajstić information content (AvgIpc) is 2.25. The van der Waals surface area contributed by atoms with Crippen molar-refractivity contribution in [2.45, 2.75) is 19.2 Å². The molecule has 0 fully saturated rings. The number of rotatable bonds is 4. The van der Waals surface area contributed by atoms with Gasteiger partial charge in [0.15, 0.2) is 0 Å². The van der Waals surface area contributed by atoms with E-state index in [2.05, 4.69) is 14.5 Å². The minimum Gasteiger partial charge on any atom is -0.462 e. The monoisotopic (exact) mass is 409 g/mol. The number of aromatic nitrogens is 1. The first-order valence-electron chi connectivity index (χ1n) is 4.96. The predicted octanol–water partition coefficient (Wildman–Crippen LogP) is 3.50. The Bertz CT molecular complexity index is 482. The van der Waals surface area contributed by atoms with E-state index in [4.69, 9.17) is 11.6 Å². The molecule has 0 unspecified atom stereocenters. The summed E-state index contributed by atoms with van der Waals surface area (Å²) >= 11 is 7.31. The molecule has 0 aliphatic heterocycles. The molecular formula is C10H8ClF3INO3. The van der Waals surface area contributed by atoms with E-state index in [-0.39, 0.29) is 21.8 Å². The second-order valence-corrected chi connectivity index (χ2v) is 4.56. The summed E-state index contributed by atoms with van der Waals surface area (Å²) in [5.41, 5.74) is -0.242. The van der Waals surface area contributed by atoms with Crippen LogP contribution in [-0.2, 0) is 10.6 Å². The maximum atomic E-state index is 12.3. The Balaban J connectivity index is 3.33. The van der Waals surface area contributed by atoms with Crippen molar-refractivity contribution in [1.82, 2.24) is 4.98 Å². The number of pyridine rings is 1. The molecule has 0 N–H and O–H groups in total. The molecule has 0 amide bonds. The van der Waals surface area contributed by atoms with Gasteiger partial charge in [0.25, 0.3) is 0 Å². The summed E-state index contributed by atoms with van der Waals surface area (Å²) in [6.07, 6.45) is -4.96. The Kier molecular flexibility index (Phi) is 5.65. The van der Waals surface area contributed by atoms with E-state index in [9.17, 15) is 18.0 Å². The number of hydrogen-bond donors (Lipinski definition) is 0. The van der Waals surface area contributed by atoms with Crippen LogP contribution in [0.5, 0.6) is 5.88 Å². The molecule has 0 aliphatic carbocycles. The van der Waals surface area contributed by atoms with Crippen molar-refractivity contribution in [2.24, 2.45) is 0 Å². The fourth-order valence-corrected chi connectivity index (χ4v) is 2.05. The van der Waals surface area contributed by atoms with Crippen LogP contribution in [-0.4, -0.2) is 23.9 Å². The van der Waals surface area contributed by atoms with Crippen LogP contribution >= 0.6 is 34.2 Å². The zero-order valence-corrected chi connectivity index (χ0v) is 12.5. The van der Waals surface area contributed by atoms with Crippen LogP contribution in [0.3, 0.4) is 0 Å². The van der Waals surface area contributed by atoms with Gasteiger partial charge in [0.2, 0.25) is 5.88 Å². The maximum absolute atomic E-state index is 12.3. The van der Waals surface area contributed by atoms with Crippen LogP contribution in [0.25, 0.3) is 0 Å². The largest absolute Gasteiger partial charge is 0.574 e. The lowest BCUT2D eigenvalue weighted by molar-refractivity contribution is -0.276. The van der Waals surface area contributed by atoms with Crippen molar-refractivity contribution in [2.75, 3.05) is 6.61 Å². The molecule has 106 valence electrons. The minimum atomic E-state index is -4.96. The van der Waals surface area contributed by atoms with Gasteiger partial charge in [-0.05, 0) is 41.1 Å². The lowest BCUT2D eigenvalue weighted by atomic mass is 10.1. The van der Waals surface area contributed by atoms with Crippen LogP contribution < -0.4 is 4.74 Å². The van der Waals surface area contributed by atoms with Crippen LogP contribution in [0.4, 0.5) is 13.2 Å². The number of halogens is 5. The minimum absolute atomic E-state index is 0.0119. The SMILES string of the molecule is CCOC(=O)c1c(CCl)cc(I)nc1OC(F)(F)F. The highest BCUT2D eigenvalue weighted by molar-refractivity contribution is 14.1. The van der Waals surface area contributed by atoms with Crippen LogP contribution in [0, 0.1) is 3.70 Å².